The van der Waals surface area contributed by atoms with Crippen molar-refractivity contribution >= 4 is 12.0 Å². The number of carbonyl (C=O) groups is 1. The van der Waals surface area contributed by atoms with E-state index in [2.05, 4.69) is 0 Å². The fourth-order valence-electron chi connectivity index (χ4n) is 1.49. The molecule has 0 aliphatic carbocycles. The molecule has 1 N–H and O–H groups in total. The summed E-state index contributed by atoms with van der Waals surface area (Å²) in [6.45, 7) is 5.59. The molecule has 4 heteroatoms. The van der Waals surface area contributed by atoms with Gasteiger partial charge >= 0.3 is 5.97 Å². The van der Waals surface area contributed by atoms with Crippen molar-refractivity contribution < 1.29 is 19.4 Å². The van der Waals surface area contributed by atoms with Gasteiger partial charge < -0.3 is 14.6 Å². The number of aliphatic carboxylic acids is 1. The minimum absolute atomic E-state index is 0.216. The standard InChI is InChI=1S/C15H20O4/c1-12(2)19-9-8-18-11-14-5-3-4-13(10-14)6-7-15(16)17/h3-7,10,12H,8-9,11H2,1-2H3,(H,16,17)/b7-6+. The molecule has 0 bridgehead atoms. The molecule has 0 aliphatic rings. The van der Waals surface area contributed by atoms with E-state index < -0.39 is 5.97 Å². The zero-order valence-corrected chi connectivity index (χ0v) is 11.3. The van der Waals surface area contributed by atoms with Gasteiger partial charge in [0.15, 0.2) is 0 Å². The fourth-order valence-corrected chi connectivity index (χ4v) is 1.49. The number of hydrogen-bond donors (Lipinski definition) is 1. The van der Waals surface area contributed by atoms with Crippen LogP contribution in [0.3, 0.4) is 0 Å². The summed E-state index contributed by atoms with van der Waals surface area (Å²) in [5.74, 6) is -0.951. The van der Waals surface area contributed by atoms with Crippen LogP contribution in [0.25, 0.3) is 6.08 Å². The predicted molar refractivity (Wildman–Crippen MR) is 73.9 cm³/mol. The zero-order valence-electron chi connectivity index (χ0n) is 11.3. The summed E-state index contributed by atoms with van der Waals surface area (Å²) in [6, 6.07) is 7.58. The van der Waals surface area contributed by atoms with Gasteiger partial charge in [-0.15, -0.1) is 0 Å². The highest BCUT2D eigenvalue weighted by Gasteiger charge is 1.97. The van der Waals surface area contributed by atoms with E-state index >= 15 is 0 Å². The van der Waals surface area contributed by atoms with Crippen LogP contribution in [0.1, 0.15) is 25.0 Å². The average Bonchev–Trinajstić information content (AvgIpc) is 2.36. The van der Waals surface area contributed by atoms with Gasteiger partial charge in [0.25, 0.3) is 0 Å². The van der Waals surface area contributed by atoms with Gasteiger partial charge in [-0.2, -0.15) is 0 Å². The van der Waals surface area contributed by atoms with Crippen LogP contribution in [-0.2, 0) is 20.9 Å². The lowest BCUT2D eigenvalue weighted by Crippen LogP contribution is -2.09. The number of carboxylic acid groups (broad SMARTS) is 1. The molecule has 104 valence electrons. The summed E-state index contributed by atoms with van der Waals surface area (Å²) < 4.78 is 10.9. The van der Waals surface area contributed by atoms with Crippen molar-refractivity contribution in [2.75, 3.05) is 13.2 Å². The maximum absolute atomic E-state index is 10.4. The van der Waals surface area contributed by atoms with Gasteiger partial charge in [-0.25, -0.2) is 4.79 Å². The molecule has 0 spiro atoms. The van der Waals surface area contributed by atoms with Crippen LogP contribution in [0.15, 0.2) is 30.3 Å². The molecule has 1 aromatic carbocycles. The normalized spacial score (nSPS) is 11.3. The highest BCUT2D eigenvalue weighted by Crippen LogP contribution is 2.08. The van der Waals surface area contributed by atoms with Gasteiger partial charge in [-0.05, 0) is 37.1 Å². The largest absolute Gasteiger partial charge is 0.478 e. The lowest BCUT2D eigenvalue weighted by atomic mass is 10.1. The van der Waals surface area contributed by atoms with Gasteiger partial charge in [0.2, 0.25) is 0 Å². The third-order valence-electron chi connectivity index (χ3n) is 2.32. The van der Waals surface area contributed by atoms with Crippen molar-refractivity contribution in [2.45, 2.75) is 26.6 Å². The first kappa shape index (κ1) is 15.4. The third-order valence-corrected chi connectivity index (χ3v) is 2.32. The van der Waals surface area contributed by atoms with Crippen molar-refractivity contribution in [3.05, 3.63) is 41.5 Å². The molecule has 1 rings (SSSR count). The van der Waals surface area contributed by atoms with Crippen LogP contribution in [0.2, 0.25) is 0 Å². The van der Waals surface area contributed by atoms with E-state index in [0.29, 0.717) is 19.8 Å². The molecule has 0 fully saturated rings. The van der Waals surface area contributed by atoms with Crippen LogP contribution in [-0.4, -0.2) is 30.4 Å². The van der Waals surface area contributed by atoms with Gasteiger partial charge in [0, 0.05) is 6.08 Å². The minimum atomic E-state index is -0.951. The number of rotatable bonds is 8. The number of carboxylic acids is 1. The summed E-state index contributed by atoms with van der Waals surface area (Å²) in [7, 11) is 0. The molecule has 4 nitrogen and oxygen atoms in total. The van der Waals surface area contributed by atoms with Crippen LogP contribution in [0.5, 0.6) is 0 Å². The number of hydrogen-bond acceptors (Lipinski definition) is 3. The van der Waals surface area contributed by atoms with Crippen molar-refractivity contribution in [1.82, 2.24) is 0 Å². The van der Waals surface area contributed by atoms with E-state index in [9.17, 15) is 4.79 Å². The van der Waals surface area contributed by atoms with Gasteiger partial charge in [0.1, 0.15) is 0 Å². The van der Waals surface area contributed by atoms with Gasteiger partial charge in [-0.1, -0.05) is 18.2 Å². The quantitative estimate of drug-likeness (QED) is 0.579. The van der Waals surface area contributed by atoms with Gasteiger partial charge in [-0.3, -0.25) is 0 Å². The van der Waals surface area contributed by atoms with Crippen LogP contribution in [0.4, 0.5) is 0 Å². The topological polar surface area (TPSA) is 55.8 Å². The Kier molecular flexibility index (Phi) is 6.85. The number of benzene rings is 1. The maximum atomic E-state index is 10.4. The molecule has 0 radical (unpaired) electrons. The molecule has 19 heavy (non-hydrogen) atoms. The second kappa shape index (κ2) is 8.45. The first-order chi connectivity index (χ1) is 9.08. The van der Waals surface area contributed by atoms with Crippen LogP contribution in [0, 0.1) is 0 Å². The SMILES string of the molecule is CC(C)OCCOCc1cccc(/C=C/C(=O)O)c1. The van der Waals surface area contributed by atoms with E-state index in [1.165, 1.54) is 0 Å². The first-order valence-corrected chi connectivity index (χ1v) is 6.27. The lowest BCUT2D eigenvalue weighted by molar-refractivity contribution is -0.131. The summed E-state index contributed by atoms with van der Waals surface area (Å²) in [5, 5.41) is 8.56. The Morgan fingerprint density at radius 3 is 2.84 bits per heavy atom. The van der Waals surface area contributed by atoms with E-state index in [1.54, 1.807) is 6.08 Å². The molecule has 0 aliphatic heterocycles. The minimum Gasteiger partial charge on any atom is -0.478 e. The third kappa shape index (κ3) is 7.39. The van der Waals surface area contributed by atoms with Crippen LogP contribution >= 0.6 is 0 Å². The van der Waals surface area contributed by atoms with Crippen molar-refractivity contribution in [3.8, 4) is 0 Å². The summed E-state index contributed by atoms with van der Waals surface area (Å²) in [4.78, 5) is 10.4. The molecular formula is C15H20O4. The monoisotopic (exact) mass is 264 g/mol. The Bertz CT molecular complexity index is 424. The second-order valence-electron chi connectivity index (χ2n) is 4.39. The van der Waals surface area contributed by atoms with E-state index in [-0.39, 0.29) is 6.10 Å². The predicted octanol–water partition coefficient (Wildman–Crippen LogP) is 2.73. The molecule has 0 heterocycles. The van der Waals surface area contributed by atoms with E-state index in [1.807, 2.05) is 38.1 Å². The fraction of sp³-hybridized carbons (Fsp3) is 0.400. The van der Waals surface area contributed by atoms with E-state index in [4.69, 9.17) is 14.6 Å². The second-order valence-corrected chi connectivity index (χ2v) is 4.39. The Balaban J connectivity index is 2.38. The smallest absolute Gasteiger partial charge is 0.328 e. The molecular weight excluding hydrogens is 244 g/mol. The summed E-state index contributed by atoms with van der Waals surface area (Å²) in [5.41, 5.74) is 1.86. The first-order valence-electron chi connectivity index (χ1n) is 6.27. The molecule has 1 aromatic rings. The Hall–Kier alpha value is -1.65. The lowest BCUT2D eigenvalue weighted by Gasteiger charge is -2.08. The van der Waals surface area contributed by atoms with Crippen molar-refractivity contribution in [2.24, 2.45) is 0 Å². The van der Waals surface area contributed by atoms with Crippen molar-refractivity contribution in [3.63, 3.8) is 0 Å². The molecule has 0 saturated carbocycles. The Labute approximate surface area is 113 Å². The van der Waals surface area contributed by atoms with Crippen molar-refractivity contribution in [1.29, 1.82) is 0 Å². The molecule has 0 aromatic heterocycles. The highest BCUT2D eigenvalue weighted by molar-refractivity contribution is 5.85. The van der Waals surface area contributed by atoms with E-state index in [0.717, 1.165) is 17.2 Å². The molecule has 0 saturated heterocycles. The average molecular weight is 264 g/mol. The summed E-state index contributed by atoms with van der Waals surface area (Å²) >= 11 is 0. The highest BCUT2D eigenvalue weighted by atomic mass is 16.5. The maximum Gasteiger partial charge on any atom is 0.328 e. The molecule has 0 amide bonds. The number of ether oxygens (including phenoxy) is 2. The zero-order chi connectivity index (χ0) is 14.1. The molecule has 0 unspecified atom stereocenters. The Morgan fingerprint density at radius 2 is 2.16 bits per heavy atom. The Morgan fingerprint density at radius 1 is 1.37 bits per heavy atom. The molecule has 0 atom stereocenters. The van der Waals surface area contributed by atoms with Gasteiger partial charge in [0.05, 0.1) is 25.9 Å². The summed E-state index contributed by atoms with van der Waals surface area (Å²) in [6.07, 6.45) is 2.90. The van der Waals surface area contributed by atoms with Crippen LogP contribution < -0.4 is 0 Å².